The van der Waals surface area contributed by atoms with Crippen LogP contribution in [0.4, 0.5) is 11.6 Å². The molecule has 0 aliphatic heterocycles. The van der Waals surface area contributed by atoms with Crippen molar-refractivity contribution in [3.63, 3.8) is 0 Å². The van der Waals surface area contributed by atoms with E-state index < -0.39 is 0 Å². The number of imidazole rings is 1. The molecule has 0 fully saturated rings. The number of rotatable bonds is 2. The van der Waals surface area contributed by atoms with Gasteiger partial charge in [0.15, 0.2) is 0 Å². The number of nitrogens with two attached hydrogens (primary N) is 1. The average Bonchev–Trinajstić information content (AvgIpc) is 2.95. The molecule has 6 nitrogen and oxygen atoms in total. The molecule has 112 valence electrons. The zero-order valence-electron chi connectivity index (χ0n) is 12.1. The van der Waals surface area contributed by atoms with Crippen LogP contribution < -0.4 is 11.1 Å². The number of carbonyl (C=O) groups is 1. The van der Waals surface area contributed by atoms with Gasteiger partial charge in [-0.15, -0.1) is 0 Å². The van der Waals surface area contributed by atoms with Gasteiger partial charge in [0, 0.05) is 17.3 Å². The number of pyridine rings is 1. The number of carbonyl (C=O) groups excluding carboxylic acids is 1. The fourth-order valence-electron chi connectivity index (χ4n) is 2.47. The molecule has 4 aromatic rings. The number of fused-ring (bicyclic) bond motifs is 2. The van der Waals surface area contributed by atoms with Crippen molar-refractivity contribution in [2.75, 3.05) is 11.1 Å². The Morgan fingerprint density at radius 2 is 1.91 bits per heavy atom. The fraction of sp³-hybridized carbons (Fsp3) is 0. The zero-order chi connectivity index (χ0) is 15.8. The first-order valence-electron chi connectivity index (χ1n) is 7.10. The third-order valence-corrected chi connectivity index (χ3v) is 3.60. The van der Waals surface area contributed by atoms with Crippen LogP contribution in [0.25, 0.3) is 21.8 Å². The number of aromatic amines is 1. The second kappa shape index (κ2) is 5.10. The molecule has 2 aromatic carbocycles. The first-order chi connectivity index (χ1) is 11.2. The summed E-state index contributed by atoms with van der Waals surface area (Å²) in [7, 11) is 0. The number of anilines is 2. The SMILES string of the molecule is Nc1ccc2nc(NC(=O)c3cc4ccccc4cn3)[nH]c2c1. The fourth-order valence-corrected chi connectivity index (χ4v) is 2.47. The molecule has 0 aliphatic rings. The number of benzene rings is 2. The standard InChI is InChI=1S/C17H13N5O/c18-12-5-6-13-14(8-12)21-17(20-13)22-16(23)15-7-10-3-1-2-4-11(10)9-19-15/h1-9H,18H2,(H2,20,21,22,23). The van der Waals surface area contributed by atoms with Crippen molar-refractivity contribution in [3.05, 3.63) is 60.4 Å². The Morgan fingerprint density at radius 1 is 1.09 bits per heavy atom. The Morgan fingerprint density at radius 3 is 2.78 bits per heavy atom. The highest BCUT2D eigenvalue weighted by Crippen LogP contribution is 2.18. The minimum atomic E-state index is -0.317. The molecule has 0 saturated heterocycles. The van der Waals surface area contributed by atoms with Gasteiger partial charge in [-0.1, -0.05) is 24.3 Å². The van der Waals surface area contributed by atoms with E-state index in [0.29, 0.717) is 17.3 Å². The first kappa shape index (κ1) is 13.3. The molecule has 2 aromatic heterocycles. The lowest BCUT2D eigenvalue weighted by atomic mass is 10.1. The third kappa shape index (κ3) is 2.46. The highest BCUT2D eigenvalue weighted by molar-refractivity contribution is 6.04. The molecule has 2 heterocycles. The van der Waals surface area contributed by atoms with Gasteiger partial charge in [0.05, 0.1) is 11.0 Å². The Labute approximate surface area is 131 Å². The molecule has 23 heavy (non-hydrogen) atoms. The van der Waals surface area contributed by atoms with E-state index in [1.165, 1.54) is 0 Å². The van der Waals surface area contributed by atoms with Gasteiger partial charge in [-0.2, -0.15) is 0 Å². The van der Waals surface area contributed by atoms with Gasteiger partial charge in [0.1, 0.15) is 5.69 Å². The van der Waals surface area contributed by atoms with Crippen molar-refractivity contribution in [2.24, 2.45) is 0 Å². The number of hydrogen-bond acceptors (Lipinski definition) is 4. The quantitative estimate of drug-likeness (QED) is 0.496. The van der Waals surface area contributed by atoms with E-state index in [2.05, 4.69) is 20.3 Å². The predicted octanol–water partition coefficient (Wildman–Crippen LogP) is 2.95. The molecule has 4 N–H and O–H groups in total. The lowest BCUT2D eigenvalue weighted by Gasteiger charge is -2.03. The van der Waals surface area contributed by atoms with Crippen LogP contribution >= 0.6 is 0 Å². The summed E-state index contributed by atoms with van der Waals surface area (Å²) >= 11 is 0. The third-order valence-electron chi connectivity index (χ3n) is 3.60. The number of nitrogens with one attached hydrogen (secondary N) is 2. The summed E-state index contributed by atoms with van der Waals surface area (Å²) in [5, 5.41) is 4.68. The van der Waals surface area contributed by atoms with Gasteiger partial charge in [-0.05, 0) is 29.7 Å². The monoisotopic (exact) mass is 303 g/mol. The van der Waals surface area contributed by atoms with E-state index in [1.807, 2.05) is 24.3 Å². The second-order valence-electron chi connectivity index (χ2n) is 5.23. The summed E-state index contributed by atoms with van der Waals surface area (Å²) in [5.74, 6) is 0.0494. The first-order valence-corrected chi connectivity index (χ1v) is 7.10. The van der Waals surface area contributed by atoms with Gasteiger partial charge in [0.2, 0.25) is 5.95 Å². The molecule has 0 bridgehead atoms. The normalized spacial score (nSPS) is 11.0. The Balaban J connectivity index is 1.64. The van der Waals surface area contributed by atoms with Gasteiger partial charge in [0.25, 0.3) is 5.91 Å². The average molecular weight is 303 g/mol. The van der Waals surface area contributed by atoms with Crippen LogP contribution in [-0.2, 0) is 0 Å². The number of nitrogen functional groups attached to an aromatic ring is 1. The van der Waals surface area contributed by atoms with E-state index >= 15 is 0 Å². The predicted molar refractivity (Wildman–Crippen MR) is 90.2 cm³/mol. The van der Waals surface area contributed by atoms with Crippen LogP contribution in [-0.4, -0.2) is 20.9 Å². The van der Waals surface area contributed by atoms with Crippen molar-refractivity contribution in [1.29, 1.82) is 0 Å². The summed E-state index contributed by atoms with van der Waals surface area (Å²) < 4.78 is 0. The van der Waals surface area contributed by atoms with Gasteiger partial charge >= 0.3 is 0 Å². The molecule has 0 unspecified atom stereocenters. The van der Waals surface area contributed by atoms with Crippen LogP contribution in [0.2, 0.25) is 0 Å². The topological polar surface area (TPSA) is 96.7 Å². The molecule has 4 rings (SSSR count). The van der Waals surface area contributed by atoms with Gasteiger partial charge in [-0.3, -0.25) is 15.1 Å². The van der Waals surface area contributed by atoms with E-state index in [0.717, 1.165) is 21.8 Å². The van der Waals surface area contributed by atoms with Crippen LogP contribution in [0.3, 0.4) is 0 Å². The molecule has 0 atom stereocenters. The molecular weight excluding hydrogens is 290 g/mol. The molecule has 0 radical (unpaired) electrons. The number of nitrogens with zero attached hydrogens (tertiary/aromatic N) is 2. The van der Waals surface area contributed by atoms with E-state index in [1.54, 1.807) is 30.5 Å². The highest BCUT2D eigenvalue weighted by Gasteiger charge is 2.11. The van der Waals surface area contributed by atoms with Crippen molar-refractivity contribution in [3.8, 4) is 0 Å². The lowest BCUT2D eigenvalue weighted by molar-refractivity contribution is 0.102. The van der Waals surface area contributed by atoms with Crippen LogP contribution in [0.5, 0.6) is 0 Å². The molecule has 0 aliphatic carbocycles. The van der Waals surface area contributed by atoms with Crippen LogP contribution in [0, 0.1) is 0 Å². The smallest absolute Gasteiger partial charge is 0.276 e. The zero-order valence-corrected chi connectivity index (χ0v) is 12.1. The summed E-state index contributed by atoms with van der Waals surface area (Å²) in [6.45, 7) is 0. The summed E-state index contributed by atoms with van der Waals surface area (Å²) in [6.07, 6.45) is 1.68. The maximum absolute atomic E-state index is 12.3. The molecule has 1 amide bonds. The lowest BCUT2D eigenvalue weighted by Crippen LogP contribution is -2.14. The van der Waals surface area contributed by atoms with Crippen molar-refractivity contribution in [2.45, 2.75) is 0 Å². The number of aromatic nitrogens is 3. The molecule has 0 saturated carbocycles. The largest absolute Gasteiger partial charge is 0.399 e. The second-order valence-corrected chi connectivity index (χ2v) is 5.23. The summed E-state index contributed by atoms with van der Waals surface area (Å²) in [4.78, 5) is 23.9. The minimum absolute atomic E-state index is 0.317. The number of amides is 1. The van der Waals surface area contributed by atoms with E-state index in [9.17, 15) is 4.79 Å². The Hall–Kier alpha value is -3.41. The van der Waals surface area contributed by atoms with E-state index in [4.69, 9.17) is 5.73 Å². The number of H-pyrrole nitrogens is 1. The van der Waals surface area contributed by atoms with Gasteiger partial charge < -0.3 is 10.7 Å². The minimum Gasteiger partial charge on any atom is -0.399 e. The maximum Gasteiger partial charge on any atom is 0.276 e. The Kier molecular flexibility index (Phi) is 2.94. The highest BCUT2D eigenvalue weighted by atomic mass is 16.2. The summed E-state index contributed by atoms with van der Waals surface area (Å²) in [6, 6.07) is 14.8. The van der Waals surface area contributed by atoms with Crippen molar-refractivity contribution in [1.82, 2.24) is 15.0 Å². The number of hydrogen-bond donors (Lipinski definition) is 3. The molecule has 0 spiro atoms. The van der Waals surface area contributed by atoms with E-state index in [-0.39, 0.29) is 5.91 Å². The van der Waals surface area contributed by atoms with Crippen LogP contribution in [0.15, 0.2) is 54.7 Å². The summed E-state index contributed by atoms with van der Waals surface area (Å²) in [5.41, 5.74) is 8.21. The maximum atomic E-state index is 12.3. The van der Waals surface area contributed by atoms with Crippen molar-refractivity contribution < 1.29 is 4.79 Å². The Bertz CT molecular complexity index is 1040. The van der Waals surface area contributed by atoms with Gasteiger partial charge in [-0.25, -0.2) is 4.98 Å². The molecule has 6 heteroatoms. The van der Waals surface area contributed by atoms with Crippen LogP contribution in [0.1, 0.15) is 10.5 Å². The molecular formula is C17H13N5O. The van der Waals surface area contributed by atoms with Crippen molar-refractivity contribution >= 4 is 39.3 Å².